The first-order valence-corrected chi connectivity index (χ1v) is 6.05. The second kappa shape index (κ2) is 3.34. The Morgan fingerprint density at radius 1 is 1.45 bits per heavy atom. The van der Waals surface area contributed by atoms with Crippen LogP contribution in [0.5, 0.6) is 4.62 Å². The summed E-state index contributed by atoms with van der Waals surface area (Å²) in [6.07, 6.45) is 0. The van der Waals surface area contributed by atoms with Crippen LogP contribution in [0, 0.1) is 0 Å². The molecule has 0 fully saturated rings. The number of hydrogen-bond donors (Lipinski definition) is 0. The summed E-state index contributed by atoms with van der Waals surface area (Å²) in [6.45, 7) is 6.19. The molecule has 0 unspecified atom stereocenters. The van der Waals surface area contributed by atoms with E-state index >= 15 is 0 Å². The van der Waals surface area contributed by atoms with Gasteiger partial charge >= 0.3 is 81.6 Å². The molecule has 0 saturated heterocycles. The molecule has 0 radical (unpaired) electrons. The van der Waals surface area contributed by atoms with Gasteiger partial charge in [0.1, 0.15) is 0 Å². The Morgan fingerprint density at radius 3 is 2.45 bits per heavy atom. The molecule has 11 heavy (non-hydrogen) atoms. The van der Waals surface area contributed by atoms with Gasteiger partial charge in [0.25, 0.3) is 0 Å². The van der Waals surface area contributed by atoms with Crippen LogP contribution in [0.4, 0.5) is 0 Å². The topological polar surface area (TPSA) is 9.23 Å². The average molecular weight is 282 g/mol. The van der Waals surface area contributed by atoms with Crippen LogP contribution >= 0.6 is 15.9 Å². The first kappa shape index (κ1) is 9.37. The molecule has 0 spiro atoms. The van der Waals surface area contributed by atoms with Crippen molar-refractivity contribution < 1.29 is 4.74 Å². The van der Waals surface area contributed by atoms with E-state index in [9.17, 15) is 0 Å². The van der Waals surface area contributed by atoms with Crippen molar-refractivity contribution in [3.8, 4) is 4.62 Å². The number of halogens is 1. The third-order valence-electron chi connectivity index (χ3n) is 0.983. The fraction of sp³-hybridized carbons (Fsp3) is 0.500. The molecule has 0 aromatic carbocycles. The summed E-state index contributed by atoms with van der Waals surface area (Å²) in [7, 11) is 0. The van der Waals surface area contributed by atoms with Crippen LogP contribution in [-0.2, 0) is 0 Å². The van der Waals surface area contributed by atoms with Crippen LogP contribution in [0.25, 0.3) is 0 Å². The minimum absolute atomic E-state index is 0.0673. The maximum atomic E-state index is 5.71. The molecule has 3 heteroatoms. The van der Waals surface area contributed by atoms with Crippen LogP contribution in [-0.4, -0.2) is 20.1 Å². The fourth-order valence-corrected chi connectivity index (χ4v) is 3.42. The van der Waals surface area contributed by atoms with Crippen molar-refractivity contribution in [2.75, 3.05) is 0 Å². The molecule has 0 bridgehead atoms. The van der Waals surface area contributed by atoms with Gasteiger partial charge in [-0.15, -0.1) is 0 Å². The Hall–Kier alpha value is 0.279. The fourth-order valence-electron chi connectivity index (χ4n) is 0.631. The monoisotopic (exact) mass is 282 g/mol. The van der Waals surface area contributed by atoms with Crippen molar-refractivity contribution in [2.24, 2.45) is 0 Å². The van der Waals surface area contributed by atoms with E-state index in [2.05, 4.69) is 47.7 Å². The Labute approximate surface area is 81.6 Å². The van der Waals surface area contributed by atoms with Crippen molar-refractivity contribution in [1.82, 2.24) is 0 Å². The van der Waals surface area contributed by atoms with Crippen molar-refractivity contribution in [3.05, 3.63) is 15.5 Å². The van der Waals surface area contributed by atoms with Crippen molar-refractivity contribution >= 4 is 30.4 Å². The first-order chi connectivity index (χ1) is 4.99. The van der Waals surface area contributed by atoms with E-state index in [1.54, 1.807) is 0 Å². The van der Waals surface area contributed by atoms with Crippen molar-refractivity contribution in [3.63, 3.8) is 0 Å². The van der Waals surface area contributed by atoms with Gasteiger partial charge in [-0.05, 0) is 0 Å². The zero-order chi connectivity index (χ0) is 8.48. The van der Waals surface area contributed by atoms with E-state index in [1.807, 2.05) is 0 Å². The molecule has 1 heterocycles. The number of rotatable bonds is 1. The van der Waals surface area contributed by atoms with Gasteiger partial charge in [0, 0.05) is 0 Å². The van der Waals surface area contributed by atoms with Crippen LogP contribution in [0.15, 0.2) is 15.5 Å². The first-order valence-electron chi connectivity index (χ1n) is 3.41. The van der Waals surface area contributed by atoms with E-state index in [0.29, 0.717) is 14.5 Å². The van der Waals surface area contributed by atoms with Crippen LogP contribution in [0.1, 0.15) is 20.8 Å². The number of ether oxygens (including phenoxy) is 1. The number of hydrogen-bond acceptors (Lipinski definition) is 1. The molecular formula is C8H11BrOSe. The summed E-state index contributed by atoms with van der Waals surface area (Å²) in [5.74, 6) is 0. The minimum atomic E-state index is -0.0673. The Balaban J connectivity index is 2.72. The van der Waals surface area contributed by atoms with E-state index < -0.39 is 0 Å². The summed E-state index contributed by atoms with van der Waals surface area (Å²) in [5.41, 5.74) is -0.0673. The summed E-state index contributed by atoms with van der Waals surface area (Å²) >= 11 is 3.84. The van der Waals surface area contributed by atoms with Gasteiger partial charge in [-0.25, -0.2) is 0 Å². The van der Waals surface area contributed by atoms with Gasteiger partial charge in [-0.2, -0.15) is 0 Å². The van der Waals surface area contributed by atoms with E-state index in [1.165, 1.54) is 0 Å². The van der Waals surface area contributed by atoms with Crippen molar-refractivity contribution in [2.45, 2.75) is 26.4 Å². The van der Waals surface area contributed by atoms with E-state index in [-0.39, 0.29) is 5.60 Å². The van der Waals surface area contributed by atoms with Crippen LogP contribution in [0.3, 0.4) is 0 Å². The summed E-state index contributed by atoms with van der Waals surface area (Å²) in [5, 5.41) is 0. The molecule has 1 nitrogen and oxygen atoms in total. The molecule has 1 aromatic rings. The molecule has 0 saturated carbocycles. The molecule has 0 atom stereocenters. The zero-order valence-corrected chi connectivity index (χ0v) is 10.1. The van der Waals surface area contributed by atoms with E-state index in [0.717, 1.165) is 9.10 Å². The van der Waals surface area contributed by atoms with Gasteiger partial charge in [0.2, 0.25) is 0 Å². The van der Waals surface area contributed by atoms with E-state index in [4.69, 9.17) is 4.74 Å². The third-order valence-corrected chi connectivity index (χ3v) is 3.85. The zero-order valence-electron chi connectivity index (χ0n) is 6.85. The Kier molecular flexibility index (Phi) is 2.84. The second-order valence-electron chi connectivity index (χ2n) is 3.27. The molecule has 0 aliphatic rings. The SMILES string of the molecule is CC(C)(C)Oc1[se]ccc1Br. The maximum absolute atomic E-state index is 5.71. The normalized spacial score (nSPS) is 11.6. The molecule has 0 aliphatic carbocycles. The van der Waals surface area contributed by atoms with Gasteiger partial charge < -0.3 is 0 Å². The predicted molar refractivity (Wildman–Crippen MR) is 51.5 cm³/mol. The Morgan fingerprint density at radius 2 is 2.09 bits per heavy atom. The Bertz CT molecular complexity index is 236. The summed E-state index contributed by atoms with van der Waals surface area (Å²) in [6, 6.07) is 2.06. The van der Waals surface area contributed by atoms with Gasteiger partial charge in [0.15, 0.2) is 0 Å². The van der Waals surface area contributed by atoms with Crippen LogP contribution in [0.2, 0.25) is 0 Å². The standard InChI is InChI=1S/C8H11BrOSe/c1-8(2,3)10-7-6(9)4-5-11-7/h4-5H,1-3H3. The molecule has 0 aliphatic heterocycles. The second-order valence-corrected chi connectivity index (χ2v) is 5.97. The van der Waals surface area contributed by atoms with Crippen LogP contribution < -0.4 is 4.74 Å². The molecule has 0 N–H and O–H groups in total. The van der Waals surface area contributed by atoms with Gasteiger partial charge in [0.05, 0.1) is 0 Å². The average Bonchev–Trinajstić information content (AvgIpc) is 2.12. The summed E-state index contributed by atoms with van der Waals surface area (Å²) < 4.78 is 7.91. The quantitative estimate of drug-likeness (QED) is 0.720. The molecular weight excluding hydrogens is 271 g/mol. The van der Waals surface area contributed by atoms with Gasteiger partial charge in [-0.3, -0.25) is 0 Å². The molecule has 1 rings (SSSR count). The molecule has 1 aromatic heterocycles. The van der Waals surface area contributed by atoms with Crippen molar-refractivity contribution in [1.29, 1.82) is 0 Å². The molecule has 0 amide bonds. The molecule has 62 valence electrons. The van der Waals surface area contributed by atoms with Gasteiger partial charge in [-0.1, -0.05) is 0 Å². The predicted octanol–water partition coefficient (Wildman–Crippen LogP) is 2.68. The third kappa shape index (κ3) is 3.02. The summed E-state index contributed by atoms with van der Waals surface area (Å²) in [4.78, 5) is 2.15.